The first-order valence-electron chi connectivity index (χ1n) is 9.37. The zero-order valence-electron chi connectivity index (χ0n) is 16.0. The number of rotatable bonds is 7. The minimum atomic E-state index is 0.826. The molecule has 6 heteroatoms. The van der Waals surface area contributed by atoms with Crippen molar-refractivity contribution in [3.05, 3.63) is 41.6 Å². The number of ether oxygens (including phenoxy) is 1. The molecule has 0 saturated carbocycles. The van der Waals surface area contributed by atoms with E-state index in [2.05, 4.69) is 39.2 Å². The second kappa shape index (κ2) is 8.85. The Balaban J connectivity index is 1.59. The number of methoxy groups -OCH3 is 1. The van der Waals surface area contributed by atoms with E-state index >= 15 is 0 Å². The van der Waals surface area contributed by atoms with Crippen molar-refractivity contribution in [1.82, 2.24) is 14.9 Å². The summed E-state index contributed by atoms with van der Waals surface area (Å²) in [5, 5.41) is 3.44. The maximum Gasteiger partial charge on any atom is 0.227 e. The van der Waals surface area contributed by atoms with Crippen LogP contribution in [-0.4, -0.2) is 61.2 Å². The highest BCUT2D eigenvalue weighted by Gasteiger charge is 2.18. The van der Waals surface area contributed by atoms with Crippen LogP contribution in [0.4, 0.5) is 11.8 Å². The molecule has 0 spiro atoms. The number of hydrogen-bond donors (Lipinski definition) is 1. The zero-order chi connectivity index (χ0) is 18.4. The number of piperazine rings is 1. The summed E-state index contributed by atoms with van der Waals surface area (Å²) in [4.78, 5) is 14.1. The molecule has 1 aliphatic heterocycles. The largest absolute Gasteiger partial charge is 0.497 e. The van der Waals surface area contributed by atoms with E-state index in [1.54, 1.807) is 7.11 Å². The number of hydrogen-bond acceptors (Lipinski definition) is 6. The summed E-state index contributed by atoms with van der Waals surface area (Å²) in [6, 6.07) is 10.2. The van der Waals surface area contributed by atoms with Crippen LogP contribution in [0.3, 0.4) is 0 Å². The third-order valence-corrected chi connectivity index (χ3v) is 4.80. The number of anilines is 2. The highest BCUT2D eigenvalue weighted by molar-refractivity contribution is 5.44. The summed E-state index contributed by atoms with van der Waals surface area (Å²) in [7, 11) is 1.70. The van der Waals surface area contributed by atoms with Gasteiger partial charge >= 0.3 is 0 Å². The molecule has 1 fully saturated rings. The lowest BCUT2D eigenvalue weighted by molar-refractivity contribution is 0.270. The summed E-state index contributed by atoms with van der Waals surface area (Å²) >= 11 is 0. The van der Waals surface area contributed by atoms with E-state index in [0.29, 0.717) is 0 Å². The van der Waals surface area contributed by atoms with E-state index in [-0.39, 0.29) is 0 Å². The maximum atomic E-state index is 5.28. The summed E-state index contributed by atoms with van der Waals surface area (Å²) in [5.41, 5.74) is 2.25. The smallest absolute Gasteiger partial charge is 0.227 e. The SMILES string of the molecule is CCN1CCN(c2nc(C)cc(NCCc3cccc(OC)c3)n2)CC1. The zero-order valence-corrected chi connectivity index (χ0v) is 16.0. The van der Waals surface area contributed by atoms with E-state index in [4.69, 9.17) is 9.72 Å². The average Bonchev–Trinajstić information content (AvgIpc) is 2.68. The van der Waals surface area contributed by atoms with Gasteiger partial charge in [-0.05, 0) is 37.6 Å². The molecule has 140 valence electrons. The second-order valence-corrected chi connectivity index (χ2v) is 6.64. The molecule has 1 aromatic heterocycles. The Labute approximate surface area is 156 Å². The van der Waals surface area contributed by atoms with E-state index in [1.807, 2.05) is 25.1 Å². The fraction of sp³-hybridized carbons (Fsp3) is 0.500. The molecule has 6 nitrogen and oxygen atoms in total. The number of nitrogens with zero attached hydrogens (tertiary/aromatic N) is 4. The minimum Gasteiger partial charge on any atom is -0.497 e. The number of benzene rings is 1. The molecule has 1 aliphatic rings. The van der Waals surface area contributed by atoms with Gasteiger partial charge in [0.05, 0.1) is 7.11 Å². The van der Waals surface area contributed by atoms with Gasteiger partial charge in [0.1, 0.15) is 11.6 Å². The van der Waals surface area contributed by atoms with Gasteiger partial charge in [-0.15, -0.1) is 0 Å². The molecule has 0 atom stereocenters. The van der Waals surface area contributed by atoms with Crippen LogP contribution in [0.15, 0.2) is 30.3 Å². The molecule has 1 aromatic carbocycles. The normalized spacial score (nSPS) is 15.1. The Morgan fingerprint density at radius 1 is 1.12 bits per heavy atom. The number of aryl methyl sites for hydroxylation is 1. The Bertz CT molecular complexity index is 713. The Kier molecular flexibility index (Phi) is 6.28. The molecular formula is C20H29N5O. The van der Waals surface area contributed by atoms with Gasteiger partial charge in [0.2, 0.25) is 5.95 Å². The van der Waals surface area contributed by atoms with Crippen LogP contribution < -0.4 is 15.0 Å². The van der Waals surface area contributed by atoms with Crippen LogP contribution in [0.25, 0.3) is 0 Å². The molecule has 0 amide bonds. The summed E-state index contributed by atoms with van der Waals surface area (Å²) < 4.78 is 5.28. The van der Waals surface area contributed by atoms with Crippen LogP contribution in [0, 0.1) is 6.92 Å². The molecular weight excluding hydrogens is 326 g/mol. The highest BCUT2D eigenvalue weighted by Crippen LogP contribution is 2.17. The Morgan fingerprint density at radius 3 is 2.65 bits per heavy atom. The Hall–Kier alpha value is -2.34. The molecule has 2 aromatic rings. The lowest BCUT2D eigenvalue weighted by atomic mass is 10.1. The number of likely N-dealkylation sites (N-methyl/N-ethyl adjacent to an activating group) is 1. The van der Waals surface area contributed by atoms with Gasteiger partial charge in [-0.1, -0.05) is 19.1 Å². The second-order valence-electron chi connectivity index (χ2n) is 6.64. The molecule has 0 bridgehead atoms. The predicted octanol–water partition coefficient (Wildman–Crippen LogP) is 2.59. The van der Waals surface area contributed by atoms with Crippen molar-refractivity contribution in [3.8, 4) is 5.75 Å². The minimum absolute atomic E-state index is 0.826. The van der Waals surface area contributed by atoms with Crippen LogP contribution in [0.5, 0.6) is 5.75 Å². The molecule has 1 saturated heterocycles. The molecule has 3 rings (SSSR count). The summed E-state index contributed by atoms with van der Waals surface area (Å²) in [6.45, 7) is 10.3. The molecule has 0 unspecified atom stereocenters. The van der Waals surface area contributed by atoms with Gasteiger partial charge in [-0.3, -0.25) is 0 Å². The topological polar surface area (TPSA) is 53.5 Å². The van der Waals surface area contributed by atoms with Crippen LogP contribution in [0.1, 0.15) is 18.2 Å². The van der Waals surface area contributed by atoms with Gasteiger partial charge in [-0.2, -0.15) is 4.98 Å². The summed E-state index contributed by atoms with van der Waals surface area (Å²) in [6.07, 6.45) is 0.921. The van der Waals surface area contributed by atoms with Crippen molar-refractivity contribution in [2.75, 3.05) is 56.6 Å². The monoisotopic (exact) mass is 355 g/mol. The standard InChI is InChI=1S/C20H29N5O/c1-4-24-10-12-25(13-11-24)20-22-16(2)14-19(23-20)21-9-8-17-6-5-7-18(15-17)26-3/h5-7,14-15H,4,8-13H2,1-3H3,(H,21,22,23). The fourth-order valence-corrected chi connectivity index (χ4v) is 3.21. The fourth-order valence-electron chi connectivity index (χ4n) is 3.21. The molecule has 0 radical (unpaired) electrons. The third kappa shape index (κ3) is 4.85. The van der Waals surface area contributed by atoms with Gasteiger partial charge < -0.3 is 19.9 Å². The summed E-state index contributed by atoms with van der Waals surface area (Å²) in [5.74, 6) is 2.63. The van der Waals surface area contributed by atoms with E-state index in [9.17, 15) is 0 Å². The van der Waals surface area contributed by atoms with Crippen molar-refractivity contribution >= 4 is 11.8 Å². The van der Waals surface area contributed by atoms with Crippen molar-refractivity contribution in [3.63, 3.8) is 0 Å². The van der Waals surface area contributed by atoms with Crippen LogP contribution in [0.2, 0.25) is 0 Å². The predicted molar refractivity (Wildman–Crippen MR) is 106 cm³/mol. The first-order valence-corrected chi connectivity index (χ1v) is 9.37. The third-order valence-electron chi connectivity index (χ3n) is 4.80. The number of nitrogens with one attached hydrogen (secondary N) is 1. The maximum absolute atomic E-state index is 5.28. The van der Waals surface area contributed by atoms with Crippen LogP contribution in [-0.2, 0) is 6.42 Å². The number of aromatic nitrogens is 2. The first-order chi connectivity index (χ1) is 12.7. The van der Waals surface area contributed by atoms with Crippen molar-refractivity contribution < 1.29 is 4.74 Å². The lowest BCUT2D eigenvalue weighted by Gasteiger charge is -2.34. The van der Waals surface area contributed by atoms with E-state index < -0.39 is 0 Å². The van der Waals surface area contributed by atoms with Gasteiger partial charge in [0, 0.05) is 44.5 Å². The quantitative estimate of drug-likeness (QED) is 0.824. The molecule has 26 heavy (non-hydrogen) atoms. The van der Waals surface area contributed by atoms with Crippen LogP contribution >= 0.6 is 0 Å². The average molecular weight is 355 g/mol. The van der Waals surface area contributed by atoms with Crippen molar-refractivity contribution in [1.29, 1.82) is 0 Å². The highest BCUT2D eigenvalue weighted by atomic mass is 16.5. The first kappa shape index (κ1) is 18.5. The van der Waals surface area contributed by atoms with Gasteiger partial charge in [0.15, 0.2) is 0 Å². The van der Waals surface area contributed by atoms with Crippen molar-refractivity contribution in [2.24, 2.45) is 0 Å². The lowest BCUT2D eigenvalue weighted by Crippen LogP contribution is -2.46. The molecule has 2 heterocycles. The van der Waals surface area contributed by atoms with Crippen molar-refractivity contribution in [2.45, 2.75) is 20.3 Å². The van der Waals surface area contributed by atoms with E-state index in [0.717, 1.165) is 68.9 Å². The van der Waals surface area contributed by atoms with Gasteiger partial charge in [0.25, 0.3) is 0 Å². The van der Waals surface area contributed by atoms with Gasteiger partial charge in [-0.25, -0.2) is 4.98 Å². The molecule has 0 aliphatic carbocycles. The van der Waals surface area contributed by atoms with E-state index in [1.165, 1.54) is 5.56 Å². The Morgan fingerprint density at radius 2 is 1.92 bits per heavy atom. The molecule has 1 N–H and O–H groups in total.